The first-order valence-corrected chi connectivity index (χ1v) is 5.40. The zero-order valence-electron chi connectivity index (χ0n) is 9.14. The van der Waals surface area contributed by atoms with Gasteiger partial charge >= 0.3 is 0 Å². The molecule has 2 aromatic rings. The minimum atomic E-state index is 0.726. The minimum absolute atomic E-state index is 0.726. The molecule has 3 rings (SSSR count). The highest BCUT2D eigenvalue weighted by Gasteiger charge is 2.08. The summed E-state index contributed by atoms with van der Waals surface area (Å²) in [7, 11) is 0. The lowest BCUT2D eigenvalue weighted by Crippen LogP contribution is -1.81. The molecule has 16 heavy (non-hydrogen) atoms. The van der Waals surface area contributed by atoms with Crippen molar-refractivity contribution in [1.82, 2.24) is 0 Å². The molecule has 0 spiro atoms. The molecule has 0 bridgehead atoms. The van der Waals surface area contributed by atoms with E-state index in [9.17, 15) is 0 Å². The van der Waals surface area contributed by atoms with Crippen molar-refractivity contribution in [3.63, 3.8) is 0 Å². The van der Waals surface area contributed by atoms with Crippen LogP contribution in [0.1, 0.15) is 11.1 Å². The van der Waals surface area contributed by atoms with Gasteiger partial charge < -0.3 is 0 Å². The van der Waals surface area contributed by atoms with Gasteiger partial charge in [0.15, 0.2) is 0 Å². The molecule has 0 aliphatic carbocycles. The van der Waals surface area contributed by atoms with Crippen LogP contribution in [0.2, 0.25) is 0 Å². The third-order valence-corrected chi connectivity index (χ3v) is 2.89. The van der Waals surface area contributed by atoms with Gasteiger partial charge in [-0.2, -0.15) is 10.2 Å². The topological polar surface area (TPSA) is 24.7 Å². The number of azo groups is 1. The molecule has 0 amide bonds. The van der Waals surface area contributed by atoms with Crippen molar-refractivity contribution in [1.29, 1.82) is 0 Å². The lowest BCUT2D eigenvalue weighted by molar-refractivity contribution is 1.04. The van der Waals surface area contributed by atoms with Crippen LogP contribution in [-0.4, -0.2) is 0 Å². The first-order valence-electron chi connectivity index (χ1n) is 5.40. The summed E-state index contributed by atoms with van der Waals surface area (Å²) in [6.07, 6.45) is 0. The molecule has 0 aromatic heterocycles. The van der Waals surface area contributed by atoms with Crippen molar-refractivity contribution < 1.29 is 0 Å². The number of fused-ring (bicyclic) bond motifs is 1. The van der Waals surface area contributed by atoms with E-state index in [1.54, 1.807) is 0 Å². The Balaban J connectivity index is 2.07. The molecule has 0 fully saturated rings. The largest absolute Gasteiger partial charge is 0.184 e. The smallest absolute Gasteiger partial charge is 0.0910 e. The van der Waals surface area contributed by atoms with Crippen LogP contribution in [-0.2, 0) is 6.54 Å². The lowest BCUT2D eigenvalue weighted by Gasteiger charge is -2.03. The van der Waals surface area contributed by atoms with E-state index in [0.29, 0.717) is 0 Å². The van der Waals surface area contributed by atoms with Crippen LogP contribution in [0.5, 0.6) is 0 Å². The minimum Gasteiger partial charge on any atom is -0.184 e. The third kappa shape index (κ3) is 1.52. The Morgan fingerprint density at radius 3 is 2.50 bits per heavy atom. The molecule has 0 atom stereocenters. The molecule has 2 aromatic carbocycles. The highest BCUT2D eigenvalue weighted by atomic mass is 15.1. The Morgan fingerprint density at radius 2 is 1.69 bits per heavy atom. The van der Waals surface area contributed by atoms with E-state index >= 15 is 0 Å². The molecular weight excluding hydrogens is 196 g/mol. The summed E-state index contributed by atoms with van der Waals surface area (Å²) < 4.78 is 0. The summed E-state index contributed by atoms with van der Waals surface area (Å²) in [5.41, 5.74) is 5.95. The molecule has 0 saturated carbocycles. The zero-order valence-corrected chi connectivity index (χ0v) is 9.14. The van der Waals surface area contributed by atoms with E-state index in [0.717, 1.165) is 12.2 Å². The van der Waals surface area contributed by atoms with E-state index in [2.05, 4.69) is 59.6 Å². The summed E-state index contributed by atoms with van der Waals surface area (Å²) in [6, 6.07) is 14.9. The second-order valence-corrected chi connectivity index (χ2v) is 4.11. The number of hydrogen-bond donors (Lipinski definition) is 0. The van der Waals surface area contributed by atoms with Gasteiger partial charge in [0.05, 0.1) is 12.2 Å². The maximum absolute atomic E-state index is 4.13. The molecule has 0 saturated heterocycles. The molecule has 2 heteroatoms. The van der Waals surface area contributed by atoms with Gasteiger partial charge in [-0.25, -0.2) is 0 Å². The lowest BCUT2D eigenvalue weighted by atomic mass is 10.0. The first kappa shape index (κ1) is 9.28. The molecule has 1 aliphatic rings. The van der Waals surface area contributed by atoms with Crippen LogP contribution in [0, 0.1) is 6.92 Å². The summed E-state index contributed by atoms with van der Waals surface area (Å²) in [5, 5.41) is 8.15. The van der Waals surface area contributed by atoms with Gasteiger partial charge in [0.2, 0.25) is 0 Å². The summed E-state index contributed by atoms with van der Waals surface area (Å²) in [6.45, 7) is 2.82. The van der Waals surface area contributed by atoms with E-state index in [4.69, 9.17) is 0 Å². The van der Waals surface area contributed by atoms with Gasteiger partial charge in [-0.3, -0.25) is 0 Å². The van der Waals surface area contributed by atoms with Crippen LogP contribution in [0.4, 0.5) is 5.69 Å². The van der Waals surface area contributed by atoms with Gasteiger partial charge in [0.1, 0.15) is 0 Å². The Morgan fingerprint density at radius 1 is 0.938 bits per heavy atom. The Bertz CT molecular complexity index is 553. The van der Waals surface area contributed by atoms with Crippen molar-refractivity contribution >= 4 is 5.69 Å². The maximum atomic E-state index is 4.13. The SMILES string of the molecule is Cc1ccc(-c2ccc3c(c2)N=NC3)cc1. The van der Waals surface area contributed by atoms with Gasteiger partial charge in [-0.05, 0) is 24.1 Å². The Labute approximate surface area is 94.7 Å². The van der Waals surface area contributed by atoms with Crippen molar-refractivity contribution in [2.75, 3.05) is 0 Å². The van der Waals surface area contributed by atoms with Crippen molar-refractivity contribution in [3.05, 3.63) is 53.6 Å². The molecular formula is C14H12N2. The van der Waals surface area contributed by atoms with Gasteiger partial charge in [0, 0.05) is 5.56 Å². The summed E-state index contributed by atoms with van der Waals surface area (Å²) >= 11 is 0. The molecule has 0 unspecified atom stereocenters. The average molecular weight is 208 g/mol. The monoisotopic (exact) mass is 208 g/mol. The summed E-state index contributed by atoms with van der Waals surface area (Å²) in [4.78, 5) is 0. The summed E-state index contributed by atoms with van der Waals surface area (Å²) in [5.74, 6) is 0. The van der Waals surface area contributed by atoms with Crippen molar-refractivity contribution in [3.8, 4) is 11.1 Å². The predicted octanol–water partition coefficient (Wildman–Crippen LogP) is 4.26. The average Bonchev–Trinajstić information content (AvgIpc) is 2.77. The standard InChI is InChI=1S/C14H12N2/c1-10-2-4-11(5-3-10)12-6-7-13-9-15-16-14(13)8-12/h2-8H,9H2,1H3. The van der Waals surface area contributed by atoms with Crippen molar-refractivity contribution in [2.45, 2.75) is 13.5 Å². The zero-order chi connectivity index (χ0) is 11.0. The predicted molar refractivity (Wildman–Crippen MR) is 64.8 cm³/mol. The number of benzene rings is 2. The fourth-order valence-electron chi connectivity index (χ4n) is 1.90. The molecule has 78 valence electrons. The number of rotatable bonds is 1. The first-order chi connectivity index (χ1) is 7.83. The third-order valence-electron chi connectivity index (χ3n) is 2.89. The van der Waals surface area contributed by atoms with Crippen molar-refractivity contribution in [2.24, 2.45) is 10.2 Å². The van der Waals surface area contributed by atoms with Gasteiger partial charge in [-0.15, -0.1) is 0 Å². The number of hydrogen-bond acceptors (Lipinski definition) is 2. The van der Waals surface area contributed by atoms with E-state index < -0.39 is 0 Å². The molecule has 0 N–H and O–H groups in total. The van der Waals surface area contributed by atoms with Crippen LogP contribution < -0.4 is 0 Å². The van der Waals surface area contributed by atoms with Gasteiger partial charge in [0.25, 0.3) is 0 Å². The van der Waals surface area contributed by atoms with Crippen LogP contribution >= 0.6 is 0 Å². The molecule has 1 heterocycles. The highest BCUT2D eigenvalue weighted by Crippen LogP contribution is 2.31. The second-order valence-electron chi connectivity index (χ2n) is 4.11. The van der Waals surface area contributed by atoms with Crippen LogP contribution in [0.15, 0.2) is 52.7 Å². The van der Waals surface area contributed by atoms with Gasteiger partial charge in [-0.1, -0.05) is 42.0 Å². The van der Waals surface area contributed by atoms with E-state index in [1.807, 2.05) is 0 Å². The fourth-order valence-corrected chi connectivity index (χ4v) is 1.90. The highest BCUT2D eigenvalue weighted by molar-refractivity contribution is 5.69. The molecule has 2 nitrogen and oxygen atoms in total. The Hall–Kier alpha value is -1.96. The van der Waals surface area contributed by atoms with Crippen LogP contribution in [0.25, 0.3) is 11.1 Å². The van der Waals surface area contributed by atoms with Crippen LogP contribution in [0.3, 0.4) is 0 Å². The Kier molecular flexibility index (Phi) is 2.07. The molecule has 0 radical (unpaired) electrons. The maximum Gasteiger partial charge on any atom is 0.0910 e. The second kappa shape index (κ2) is 3.56. The molecule has 1 aliphatic heterocycles. The number of nitrogens with zero attached hydrogens (tertiary/aromatic N) is 2. The number of aryl methyl sites for hydroxylation is 1. The van der Waals surface area contributed by atoms with E-state index in [-0.39, 0.29) is 0 Å². The fraction of sp³-hybridized carbons (Fsp3) is 0.143. The van der Waals surface area contributed by atoms with E-state index in [1.165, 1.54) is 22.3 Å². The quantitative estimate of drug-likeness (QED) is 0.669. The normalized spacial score (nSPS) is 12.8.